The molecule has 1 unspecified atom stereocenters. The Balaban J connectivity index is 1.73. The number of piperidine rings is 1. The van der Waals surface area contributed by atoms with Crippen molar-refractivity contribution in [2.45, 2.75) is 45.1 Å². The van der Waals surface area contributed by atoms with Crippen LogP contribution in [-0.2, 0) is 4.79 Å². The van der Waals surface area contributed by atoms with Gasteiger partial charge in [0, 0.05) is 30.8 Å². The minimum atomic E-state index is -0.808. The molecule has 6 nitrogen and oxygen atoms in total. The highest BCUT2D eigenvalue weighted by atomic mass is 16.4. The number of likely N-dealkylation sites (tertiary alicyclic amines) is 1. The minimum Gasteiger partial charge on any atom is -0.481 e. The molecule has 1 aromatic heterocycles. The molecular formula is C19H23N3O3. The van der Waals surface area contributed by atoms with Crippen LogP contribution in [-0.4, -0.2) is 44.3 Å². The Kier molecular flexibility index (Phi) is 5.16. The second-order valence-corrected chi connectivity index (χ2v) is 6.53. The fourth-order valence-corrected chi connectivity index (χ4v) is 3.34. The Morgan fingerprint density at radius 2 is 1.96 bits per heavy atom. The lowest BCUT2D eigenvalue weighted by Gasteiger charge is -2.35. The van der Waals surface area contributed by atoms with Gasteiger partial charge in [0.1, 0.15) is 0 Å². The monoisotopic (exact) mass is 341 g/mol. The number of aryl methyl sites for hydroxylation is 1. The molecule has 0 aliphatic carbocycles. The van der Waals surface area contributed by atoms with Crippen LogP contribution in [0.1, 0.15) is 48.2 Å². The van der Waals surface area contributed by atoms with Crippen LogP contribution in [0.3, 0.4) is 0 Å². The fraction of sp³-hybridized carbons (Fsp3) is 0.421. The third-order valence-corrected chi connectivity index (χ3v) is 4.68. The maximum atomic E-state index is 12.9. The Morgan fingerprint density at radius 1 is 1.20 bits per heavy atom. The molecule has 6 heteroatoms. The molecule has 2 aromatic rings. The molecule has 3 rings (SSSR count). The summed E-state index contributed by atoms with van der Waals surface area (Å²) in [5.41, 5.74) is 2.48. The third-order valence-electron chi connectivity index (χ3n) is 4.68. The summed E-state index contributed by atoms with van der Waals surface area (Å²) in [7, 11) is 0. The lowest BCUT2D eigenvalue weighted by Crippen LogP contribution is -2.43. The molecule has 0 spiro atoms. The number of benzene rings is 1. The number of carbonyl (C=O) groups excluding carboxylic acids is 1. The molecule has 0 saturated carbocycles. The quantitative estimate of drug-likeness (QED) is 0.907. The molecule has 0 bridgehead atoms. The summed E-state index contributed by atoms with van der Waals surface area (Å²) < 4.78 is 1.78. The van der Waals surface area contributed by atoms with Gasteiger partial charge < -0.3 is 10.0 Å². The first kappa shape index (κ1) is 17.2. The topological polar surface area (TPSA) is 75.4 Å². The lowest BCUT2D eigenvalue weighted by atomic mass is 9.97. The fourth-order valence-electron chi connectivity index (χ4n) is 3.34. The molecule has 1 fully saturated rings. The van der Waals surface area contributed by atoms with Gasteiger partial charge in [-0.2, -0.15) is 5.10 Å². The standard InChI is InChI=1S/C19H23N3O3/c1-14-11-13-22(20-14)17-7-5-15(6-8-17)19(25)21-12-3-2-4-16(21)9-10-18(23)24/h5-8,11,13,16H,2-4,9-10,12H2,1H3,(H,23,24). The average Bonchev–Trinajstić information content (AvgIpc) is 3.06. The summed E-state index contributed by atoms with van der Waals surface area (Å²) in [6, 6.07) is 9.35. The van der Waals surface area contributed by atoms with Gasteiger partial charge in [-0.05, 0) is 62.9 Å². The smallest absolute Gasteiger partial charge is 0.303 e. The van der Waals surface area contributed by atoms with E-state index in [-0.39, 0.29) is 18.4 Å². The molecular weight excluding hydrogens is 318 g/mol. The SMILES string of the molecule is Cc1ccn(-c2ccc(C(=O)N3CCCCC3CCC(=O)O)cc2)n1. The number of nitrogens with zero attached hydrogens (tertiary/aromatic N) is 3. The highest BCUT2D eigenvalue weighted by Crippen LogP contribution is 2.23. The highest BCUT2D eigenvalue weighted by molar-refractivity contribution is 5.94. The summed E-state index contributed by atoms with van der Waals surface area (Å²) >= 11 is 0. The lowest BCUT2D eigenvalue weighted by molar-refractivity contribution is -0.137. The second kappa shape index (κ2) is 7.51. The summed E-state index contributed by atoms with van der Waals surface area (Å²) in [4.78, 5) is 25.6. The molecule has 132 valence electrons. The molecule has 1 saturated heterocycles. The molecule has 1 aliphatic heterocycles. The zero-order valence-corrected chi connectivity index (χ0v) is 14.4. The zero-order valence-electron chi connectivity index (χ0n) is 14.4. The van der Waals surface area contributed by atoms with Gasteiger partial charge in [0.05, 0.1) is 11.4 Å². The van der Waals surface area contributed by atoms with E-state index in [1.807, 2.05) is 48.4 Å². The van der Waals surface area contributed by atoms with Crippen molar-refractivity contribution in [2.75, 3.05) is 6.54 Å². The van der Waals surface area contributed by atoms with E-state index in [4.69, 9.17) is 5.11 Å². The third kappa shape index (κ3) is 4.07. The Morgan fingerprint density at radius 3 is 2.60 bits per heavy atom. The van der Waals surface area contributed by atoms with Gasteiger partial charge in [-0.1, -0.05) is 0 Å². The number of carbonyl (C=O) groups is 2. The highest BCUT2D eigenvalue weighted by Gasteiger charge is 2.27. The largest absolute Gasteiger partial charge is 0.481 e. The zero-order chi connectivity index (χ0) is 17.8. The van der Waals surface area contributed by atoms with Crippen molar-refractivity contribution < 1.29 is 14.7 Å². The van der Waals surface area contributed by atoms with Crippen molar-refractivity contribution in [3.05, 3.63) is 47.8 Å². The van der Waals surface area contributed by atoms with Crippen molar-refractivity contribution in [1.82, 2.24) is 14.7 Å². The van der Waals surface area contributed by atoms with E-state index < -0.39 is 5.97 Å². The van der Waals surface area contributed by atoms with Crippen LogP contribution in [0.4, 0.5) is 0 Å². The van der Waals surface area contributed by atoms with Crippen molar-refractivity contribution in [1.29, 1.82) is 0 Å². The van der Waals surface area contributed by atoms with Gasteiger partial charge in [-0.25, -0.2) is 4.68 Å². The molecule has 0 radical (unpaired) electrons. The molecule has 25 heavy (non-hydrogen) atoms. The maximum Gasteiger partial charge on any atom is 0.303 e. The molecule has 1 aromatic carbocycles. The molecule has 1 aliphatic rings. The number of rotatable bonds is 5. The van der Waals surface area contributed by atoms with E-state index in [1.54, 1.807) is 4.68 Å². The minimum absolute atomic E-state index is 0.0155. The summed E-state index contributed by atoms with van der Waals surface area (Å²) in [6.07, 6.45) is 5.41. The van der Waals surface area contributed by atoms with Gasteiger partial charge in [-0.15, -0.1) is 0 Å². The van der Waals surface area contributed by atoms with Crippen LogP contribution in [0.2, 0.25) is 0 Å². The molecule has 1 atom stereocenters. The first-order chi connectivity index (χ1) is 12.0. The first-order valence-corrected chi connectivity index (χ1v) is 8.70. The summed E-state index contributed by atoms with van der Waals surface area (Å²) in [5, 5.41) is 13.3. The predicted molar refractivity (Wildman–Crippen MR) is 93.8 cm³/mol. The summed E-state index contributed by atoms with van der Waals surface area (Å²) in [6.45, 7) is 2.63. The van der Waals surface area contributed by atoms with Crippen LogP contribution in [0.5, 0.6) is 0 Å². The maximum absolute atomic E-state index is 12.9. The number of carboxylic acids is 1. The van der Waals surface area contributed by atoms with Crippen molar-refractivity contribution >= 4 is 11.9 Å². The second-order valence-electron chi connectivity index (χ2n) is 6.53. The van der Waals surface area contributed by atoms with Gasteiger partial charge in [0.15, 0.2) is 0 Å². The number of amides is 1. The Hall–Kier alpha value is -2.63. The Bertz CT molecular complexity index is 752. The molecule has 2 heterocycles. The van der Waals surface area contributed by atoms with E-state index in [9.17, 15) is 9.59 Å². The van der Waals surface area contributed by atoms with Gasteiger partial charge >= 0.3 is 5.97 Å². The number of aromatic nitrogens is 2. The molecule has 1 amide bonds. The first-order valence-electron chi connectivity index (χ1n) is 8.70. The normalized spacial score (nSPS) is 17.5. The molecule has 1 N–H and O–H groups in total. The average molecular weight is 341 g/mol. The van der Waals surface area contributed by atoms with Crippen LogP contribution >= 0.6 is 0 Å². The van der Waals surface area contributed by atoms with E-state index in [0.717, 1.165) is 30.6 Å². The van der Waals surface area contributed by atoms with Crippen molar-refractivity contribution in [2.24, 2.45) is 0 Å². The van der Waals surface area contributed by atoms with Crippen molar-refractivity contribution in [3.63, 3.8) is 0 Å². The van der Waals surface area contributed by atoms with Crippen LogP contribution < -0.4 is 0 Å². The van der Waals surface area contributed by atoms with Crippen molar-refractivity contribution in [3.8, 4) is 5.69 Å². The Labute approximate surface area is 147 Å². The number of aliphatic carboxylic acids is 1. The van der Waals surface area contributed by atoms with Crippen LogP contribution in [0, 0.1) is 6.92 Å². The summed E-state index contributed by atoms with van der Waals surface area (Å²) in [5.74, 6) is -0.824. The van der Waals surface area contributed by atoms with E-state index >= 15 is 0 Å². The van der Waals surface area contributed by atoms with E-state index in [2.05, 4.69) is 5.10 Å². The van der Waals surface area contributed by atoms with Crippen LogP contribution in [0.25, 0.3) is 5.69 Å². The number of carboxylic acid groups (broad SMARTS) is 1. The van der Waals surface area contributed by atoms with Gasteiger partial charge in [-0.3, -0.25) is 9.59 Å². The van der Waals surface area contributed by atoms with Gasteiger partial charge in [0.2, 0.25) is 0 Å². The number of hydrogen-bond acceptors (Lipinski definition) is 3. The van der Waals surface area contributed by atoms with E-state index in [0.29, 0.717) is 18.5 Å². The van der Waals surface area contributed by atoms with E-state index in [1.165, 1.54) is 0 Å². The predicted octanol–water partition coefficient (Wildman–Crippen LogP) is 3.04. The number of hydrogen-bond donors (Lipinski definition) is 1. The van der Waals surface area contributed by atoms with Gasteiger partial charge in [0.25, 0.3) is 5.91 Å². The van der Waals surface area contributed by atoms with Crippen LogP contribution in [0.15, 0.2) is 36.5 Å².